The smallest absolute Gasteiger partial charge is 0.358 e. The van der Waals surface area contributed by atoms with Crippen molar-refractivity contribution < 1.29 is 17.1 Å². The molecule has 0 saturated heterocycles. The molecule has 0 saturated carbocycles. The molecule has 0 heterocycles. The quantitative estimate of drug-likeness (QED) is 0.472. The minimum atomic E-state index is 0. The van der Waals surface area contributed by atoms with Crippen molar-refractivity contribution in [1.29, 1.82) is 0 Å². The Morgan fingerprint density at radius 1 is 1.00 bits per heavy atom. The molecule has 1 rings (SSSR count). The van der Waals surface area contributed by atoms with E-state index in [1.807, 2.05) is 18.2 Å². The average molecular weight is 191 g/mol. The number of benzene rings is 1. The van der Waals surface area contributed by atoms with Crippen LogP contribution in [-0.4, -0.2) is 0 Å². The molecule has 1 radical (unpaired) electrons. The molecular formula is C10H15Fe. The van der Waals surface area contributed by atoms with Gasteiger partial charge in [0.1, 0.15) is 0 Å². The van der Waals surface area contributed by atoms with Crippen molar-refractivity contribution in [2.45, 2.75) is 6.42 Å². The van der Waals surface area contributed by atoms with Crippen LogP contribution in [0.15, 0.2) is 30.3 Å². The fourth-order valence-corrected chi connectivity index (χ4v) is 0.645. The molecule has 0 unspecified atom stereocenters. The largest absolute Gasteiger partial charge is 3.00 e. The Balaban J connectivity index is -0.000000213. The van der Waals surface area contributed by atoms with Crippen molar-refractivity contribution in [2.24, 2.45) is 0 Å². The van der Waals surface area contributed by atoms with E-state index in [0.29, 0.717) is 0 Å². The topological polar surface area (TPSA) is 0 Å². The molecular weight excluding hydrogens is 176 g/mol. The van der Waals surface area contributed by atoms with Crippen molar-refractivity contribution in [3.8, 4) is 0 Å². The van der Waals surface area contributed by atoms with E-state index in [9.17, 15) is 0 Å². The van der Waals surface area contributed by atoms with Crippen LogP contribution in [0.3, 0.4) is 0 Å². The van der Waals surface area contributed by atoms with Gasteiger partial charge in [0, 0.05) is 0 Å². The Labute approximate surface area is 81.5 Å². The van der Waals surface area contributed by atoms with E-state index < -0.39 is 0 Å². The summed E-state index contributed by atoms with van der Waals surface area (Å²) in [5.41, 5.74) is 1.30. The van der Waals surface area contributed by atoms with Gasteiger partial charge in [0.25, 0.3) is 0 Å². The van der Waals surface area contributed by atoms with E-state index in [1.165, 1.54) is 5.56 Å². The maximum absolute atomic E-state index is 3.76. The maximum atomic E-state index is 3.76. The third-order valence-corrected chi connectivity index (χ3v) is 1.13. The molecule has 63 valence electrons. The molecule has 0 aliphatic rings. The Hall–Kier alpha value is -0.261. The molecule has 1 aromatic rings. The van der Waals surface area contributed by atoms with Crippen LogP contribution in [0.1, 0.15) is 5.56 Å². The Morgan fingerprint density at radius 3 is 1.73 bits per heavy atom. The van der Waals surface area contributed by atoms with Crippen LogP contribution in [0.5, 0.6) is 0 Å². The van der Waals surface area contributed by atoms with Crippen molar-refractivity contribution >= 4 is 0 Å². The van der Waals surface area contributed by atoms with E-state index in [2.05, 4.69) is 19.1 Å². The van der Waals surface area contributed by atoms with Crippen molar-refractivity contribution in [3.63, 3.8) is 0 Å². The van der Waals surface area contributed by atoms with Crippen LogP contribution >= 0.6 is 0 Å². The molecule has 1 heteroatoms. The van der Waals surface area contributed by atoms with Crippen LogP contribution in [0.2, 0.25) is 0 Å². The SMILES string of the molecule is [CH2-]Cc1ccccc1.[CH3-].[CH3-].[Fe+3]. The predicted molar refractivity (Wildman–Crippen MR) is 48.3 cm³/mol. The van der Waals surface area contributed by atoms with Gasteiger partial charge >= 0.3 is 17.1 Å². The molecule has 0 N–H and O–H groups in total. The molecule has 0 atom stereocenters. The number of hydrogen-bond acceptors (Lipinski definition) is 0. The van der Waals surface area contributed by atoms with Gasteiger partial charge in [-0.1, -0.05) is 35.9 Å². The van der Waals surface area contributed by atoms with Crippen LogP contribution < -0.4 is 0 Å². The average Bonchev–Trinajstić information content (AvgIpc) is 1.90. The van der Waals surface area contributed by atoms with Crippen LogP contribution in [0.4, 0.5) is 0 Å². The fourth-order valence-electron chi connectivity index (χ4n) is 0.645. The van der Waals surface area contributed by atoms with E-state index in [0.717, 1.165) is 6.42 Å². The summed E-state index contributed by atoms with van der Waals surface area (Å²) in [4.78, 5) is 0. The first-order valence-corrected chi connectivity index (χ1v) is 2.76. The van der Waals surface area contributed by atoms with Gasteiger partial charge in [-0.2, -0.15) is 6.42 Å². The molecule has 0 fully saturated rings. The maximum Gasteiger partial charge on any atom is 3.00 e. The van der Waals surface area contributed by atoms with E-state index in [4.69, 9.17) is 0 Å². The summed E-state index contributed by atoms with van der Waals surface area (Å²) in [7, 11) is 0. The first-order valence-electron chi connectivity index (χ1n) is 2.76. The van der Waals surface area contributed by atoms with Gasteiger partial charge in [-0.3, -0.25) is 0 Å². The molecule has 1 aromatic carbocycles. The van der Waals surface area contributed by atoms with Crippen LogP contribution in [0.25, 0.3) is 0 Å². The van der Waals surface area contributed by atoms with Gasteiger partial charge in [0.05, 0.1) is 0 Å². The Bertz CT molecular complexity index is 146. The minimum absolute atomic E-state index is 0. The van der Waals surface area contributed by atoms with E-state index in [1.54, 1.807) is 0 Å². The van der Waals surface area contributed by atoms with E-state index in [-0.39, 0.29) is 31.9 Å². The van der Waals surface area contributed by atoms with Gasteiger partial charge in [-0.25, -0.2) is 0 Å². The van der Waals surface area contributed by atoms with Gasteiger partial charge in [0.15, 0.2) is 0 Å². The third kappa shape index (κ3) is 6.15. The third-order valence-electron chi connectivity index (χ3n) is 1.13. The van der Waals surface area contributed by atoms with E-state index >= 15 is 0 Å². The summed E-state index contributed by atoms with van der Waals surface area (Å²) < 4.78 is 0. The first-order chi connectivity index (χ1) is 3.93. The fraction of sp³-hybridized carbons (Fsp3) is 0.100. The predicted octanol–water partition coefficient (Wildman–Crippen LogP) is 2.96. The molecule has 0 aliphatic heterocycles. The summed E-state index contributed by atoms with van der Waals surface area (Å²) >= 11 is 0. The van der Waals surface area contributed by atoms with Crippen molar-refractivity contribution in [3.05, 3.63) is 57.7 Å². The zero-order valence-electron chi connectivity index (χ0n) is 7.15. The van der Waals surface area contributed by atoms with Gasteiger partial charge in [-0.15, -0.1) is 0 Å². The minimum Gasteiger partial charge on any atom is -0.358 e. The summed E-state index contributed by atoms with van der Waals surface area (Å²) in [6.45, 7) is 3.76. The zero-order valence-corrected chi connectivity index (χ0v) is 8.26. The second-order valence-corrected chi connectivity index (χ2v) is 1.74. The number of hydrogen-bond donors (Lipinski definition) is 0. The Kier molecular flexibility index (Phi) is 15.1. The summed E-state index contributed by atoms with van der Waals surface area (Å²) in [5.74, 6) is 0. The molecule has 0 aromatic heterocycles. The van der Waals surface area contributed by atoms with Gasteiger partial charge < -0.3 is 21.8 Å². The normalized spacial score (nSPS) is 6.64. The second-order valence-electron chi connectivity index (χ2n) is 1.74. The summed E-state index contributed by atoms with van der Waals surface area (Å²) in [6.07, 6.45) is 0.890. The molecule has 0 nitrogen and oxygen atoms in total. The Morgan fingerprint density at radius 2 is 1.45 bits per heavy atom. The summed E-state index contributed by atoms with van der Waals surface area (Å²) in [5, 5.41) is 0. The number of rotatable bonds is 1. The molecule has 0 bridgehead atoms. The molecule has 11 heavy (non-hydrogen) atoms. The molecule has 0 aliphatic carbocycles. The zero-order chi connectivity index (χ0) is 5.82. The summed E-state index contributed by atoms with van der Waals surface area (Å²) in [6, 6.07) is 10.2. The van der Waals surface area contributed by atoms with Gasteiger partial charge in [-0.05, 0) is 0 Å². The van der Waals surface area contributed by atoms with Crippen LogP contribution in [0, 0.1) is 21.8 Å². The molecule has 0 amide bonds. The van der Waals surface area contributed by atoms with Crippen molar-refractivity contribution in [2.75, 3.05) is 0 Å². The first kappa shape index (κ1) is 17.0. The van der Waals surface area contributed by atoms with Crippen LogP contribution in [-0.2, 0) is 23.5 Å². The standard InChI is InChI=1S/C8H9.2CH3.Fe/c1-2-8-6-4-3-5-7-8;;;/h3-7H,1-2H2;2*1H3;/q3*-1;+3. The molecule has 0 spiro atoms. The van der Waals surface area contributed by atoms with Gasteiger partial charge in [0.2, 0.25) is 0 Å². The monoisotopic (exact) mass is 191 g/mol. The second kappa shape index (κ2) is 9.74. The van der Waals surface area contributed by atoms with Crippen molar-refractivity contribution in [1.82, 2.24) is 0 Å².